The number of aryl methyl sites for hydroxylation is 1. The molecule has 3 rings (SSSR count). The number of rotatable bonds is 3. The molecule has 0 aliphatic carbocycles. The maximum atomic E-state index is 12.4. The van der Waals surface area contributed by atoms with Crippen LogP contribution in [0.15, 0.2) is 35.6 Å². The first-order chi connectivity index (χ1) is 9.65. The minimum Gasteiger partial charge on any atom is -0.295 e. The van der Waals surface area contributed by atoms with Crippen molar-refractivity contribution < 1.29 is 0 Å². The van der Waals surface area contributed by atoms with E-state index >= 15 is 0 Å². The van der Waals surface area contributed by atoms with Crippen LogP contribution in [-0.4, -0.2) is 24.7 Å². The average Bonchev–Trinajstić information content (AvgIpc) is 2.84. The van der Waals surface area contributed by atoms with Gasteiger partial charge < -0.3 is 0 Å². The zero-order valence-electron chi connectivity index (χ0n) is 11.4. The molecule has 20 heavy (non-hydrogen) atoms. The molecule has 0 radical (unpaired) electrons. The summed E-state index contributed by atoms with van der Waals surface area (Å²) < 4.78 is 1.63. The number of pyridine rings is 1. The Kier molecular flexibility index (Phi) is 3.06. The minimum absolute atomic E-state index is 0.0118. The zero-order valence-corrected chi connectivity index (χ0v) is 11.4. The van der Waals surface area contributed by atoms with Gasteiger partial charge in [0.2, 0.25) is 0 Å². The first-order valence-electron chi connectivity index (χ1n) is 6.47. The predicted molar refractivity (Wildman–Crippen MR) is 75.5 cm³/mol. The fourth-order valence-corrected chi connectivity index (χ4v) is 2.27. The fraction of sp³-hybridized carbons (Fsp3) is 0.286. The van der Waals surface area contributed by atoms with Crippen LogP contribution >= 0.6 is 0 Å². The summed E-state index contributed by atoms with van der Waals surface area (Å²) in [7, 11) is 0. The normalized spacial score (nSPS) is 12.7. The number of aromatic nitrogens is 5. The van der Waals surface area contributed by atoms with Crippen LogP contribution in [0.1, 0.15) is 24.4 Å². The van der Waals surface area contributed by atoms with Crippen molar-refractivity contribution in [3.05, 3.63) is 52.6 Å². The van der Waals surface area contributed by atoms with E-state index in [1.165, 1.54) is 0 Å². The molecule has 6 heteroatoms. The van der Waals surface area contributed by atoms with Crippen molar-refractivity contribution in [1.29, 1.82) is 0 Å². The molecule has 3 aromatic rings. The Hall–Kier alpha value is -2.50. The Bertz CT molecular complexity index is 804. The van der Waals surface area contributed by atoms with E-state index in [0.717, 1.165) is 11.4 Å². The third kappa shape index (κ3) is 2.20. The van der Waals surface area contributed by atoms with Gasteiger partial charge in [0.25, 0.3) is 5.56 Å². The van der Waals surface area contributed by atoms with E-state index in [-0.39, 0.29) is 11.6 Å². The standard InChI is InChI=1S/C14H15N5O/c1-9-5-11(18-17-9)6-10(2)19-8-16-13-3-4-15-7-12(13)14(19)20/h3-5,7-8,10H,6H2,1-2H3,(H,17,18). The molecule has 1 unspecified atom stereocenters. The summed E-state index contributed by atoms with van der Waals surface area (Å²) >= 11 is 0. The number of hydrogen-bond acceptors (Lipinski definition) is 4. The molecule has 102 valence electrons. The second-order valence-corrected chi connectivity index (χ2v) is 4.95. The second-order valence-electron chi connectivity index (χ2n) is 4.95. The summed E-state index contributed by atoms with van der Waals surface area (Å²) in [5.41, 5.74) is 2.56. The quantitative estimate of drug-likeness (QED) is 0.784. The first-order valence-corrected chi connectivity index (χ1v) is 6.47. The molecule has 0 spiro atoms. The fourth-order valence-electron chi connectivity index (χ4n) is 2.27. The smallest absolute Gasteiger partial charge is 0.263 e. The summed E-state index contributed by atoms with van der Waals surface area (Å²) in [4.78, 5) is 20.7. The number of nitrogens with zero attached hydrogens (tertiary/aromatic N) is 4. The molecule has 3 aromatic heterocycles. The molecule has 0 aromatic carbocycles. The third-order valence-corrected chi connectivity index (χ3v) is 3.32. The number of nitrogens with one attached hydrogen (secondary N) is 1. The van der Waals surface area contributed by atoms with Gasteiger partial charge in [-0.25, -0.2) is 4.98 Å². The molecular formula is C14H15N5O. The molecule has 0 aliphatic rings. The van der Waals surface area contributed by atoms with Crippen LogP contribution in [0, 0.1) is 6.92 Å². The van der Waals surface area contributed by atoms with Crippen molar-refractivity contribution in [1.82, 2.24) is 24.7 Å². The third-order valence-electron chi connectivity index (χ3n) is 3.32. The molecule has 1 atom stereocenters. The van der Waals surface area contributed by atoms with Crippen LogP contribution in [0.3, 0.4) is 0 Å². The molecule has 1 N–H and O–H groups in total. The summed E-state index contributed by atoms with van der Waals surface area (Å²) in [6, 6.07) is 3.71. The van der Waals surface area contributed by atoms with E-state index in [2.05, 4.69) is 20.2 Å². The molecule has 0 aliphatic heterocycles. The summed E-state index contributed by atoms with van der Waals surface area (Å²) in [6.45, 7) is 3.94. The highest BCUT2D eigenvalue weighted by molar-refractivity contribution is 5.75. The first kappa shape index (κ1) is 12.5. The van der Waals surface area contributed by atoms with E-state index in [4.69, 9.17) is 0 Å². The highest BCUT2D eigenvalue weighted by atomic mass is 16.1. The Morgan fingerprint density at radius 3 is 3.05 bits per heavy atom. The van der Waals surface area contributed by atoms with Crippen molar-refractivity contribution in [3.63, 3.8) is 0 Å². The van der Waals surface area contributed by atoms with Gasteiger partial charge in [-0.1, -0.05) is 0 Å². The van der Waals surface area contributed by atoms with Gasteiger partial charge in [-0.05, 0) is 26.0 Å². The maximum absolute atomic E-state index is 12.4. The number of aromatic amines is 1. The van der Waals surface area contributed by atoms with Gasteiger partial charge in [0, 0.05) is 30.6 Å². The Morgan fingerprint density at radius 1 is 1.45 bits per heavy atom. The molecular weight excluding hydrogens is 254 g/mol. The monoisotopic (exact) mass is 269 g/mol. The van der Waals surface area contributed by atoms with Gasteiger partial charge in [-0.2, -0.15) is 5.10 Å². The van der Waals surface area contributed by atoms with E-state index in [1.54, 1.807) is 29.4 Å². The lowest BCUT2D eigenvalue weighted by atomic mass is 10.1. The predicted octanol–water partition coefficient (Wildman–Crippen LogP) is 1.63. The highest BCUT2D eigenvalue weighted by Crippen LogP contribution is 2.12. The molecule has 0 saturated carbocycles. The van der Waals surface area contributed by atoms with E-state index in [1.807, 2.05) is 19.9 Å². The zero-order chi connectivity index (χ0) is 14.1. The van der Waals surface area contributed by atoms with Crippen LogP contribution in [0.4, 0.5) is 0 Å². The lowest BCUT2D eigenvalue weighted by Gasteiger charge is -2.13. The SMILES string of the molecule is Cc1cc(CC(C)n2cnc3ccncc3c2=O)n[nH]1. The van der Waals surface area contributed by atoms with Gasteiger partial charge >= 0.3 is 0 Å². The van der Waals surface area contributed by atoms with E-state index in [0.29, 0.717) is 17.3 Å². The largest absolute Gasteiger partial charge is 0.295 e. The minimum atomic E-state index is -0.0668. The van der Waals surface area contributed by atoms with Crippen molar-refractivity contribution in [2.45, 2.75) is 26.3 Å². The van der Waals surface area contributed by atoms with Crippen LogP contribution in [0.2, 0.25) is 0 Å². The molecule has 6 nitrogen and oxygen atoms in total. The van der Waals surface area contributed by atoms with Gasteiger partial charge in [-0.3, -0.25) is 19.4 Å². The van der Waals surface area contributed by atoms with Crippen molar-refractivity contribution in [2.24, 2.45) is 0 Å². The molecule has 0 bridgehead atoms. The Labute approximate surface area is 115 Å². The number of hydrogen-bond donors (Lipinski definition) is 1. The summed E-state index contributed by atoms with van der Waals surface area (Å²) in [5.74, 6) is 0. The molecule has 3 heterocycles. The Morgan fingerprint density at radius 2 is 2.30 bits per heavy atom. The number of H-pyrrole nitrogens is 1. The van der Waals surface area contributed by atoms with Gasteiger partial charge in [0.15, 0.2) is 0 Å². The average molecular weight is 269 g/mol. The molecule has 0 amide bonds. The van der Waals surface area contributed by atoms with Crippen LogP contribution in [0.25, 0.3) is 10.9 Å². The van der Waals surface area contributed by atoms with Crippen LogP contribution < -0.4 is 5.56 Å². The summed E-state index contributed by atoms with van der Waals surface area (Å²) in [5, 5.41) is 7.65. The van der Waals surface area contributed by atoms with Crippen molar-refractivity contribution >= 4 is 10.9 Å². The van der Waals surface area contributed by atoms with Gasteiger partial charge in [0.1, 0.15) is 0 Å². The Balaban J connectivity index is 1.97. The molecule has 0 fully saturated rings. The maximum Gasteiger partial charge on any atom is 0.263 e. The second kappa shape index (κ2) is 4.88. The lowest BCUT2D eigenvalue weighted by molar-refractivity contribution is 0.517. The summed E-state index contributed by atoms with van der Waals surface area (Å²) in [6.07, 6.45) is 5.47. The molecule has 0 saturated heterocycles. The topological polar surface area (TPSA) is 76.5 Å². The van der Waals surface area contributed by atoms with Crippen molar-refractivity contribution in [2.75, 3.05) is 0 Å². The lowest BCUT2D eigenvalue weighted by Crippen LogP contribution is -2.25. The number of fused-ring (bicyclic) bond motifs is 1. The highest BCUT2D eigenvalue weighted by Gasteiger charge is 2.12. The van der Waals surface area contributed by atoms with Crippen LogP contribution in [-0.2, 0) is 6.42 Å². The van der Waals surface area contributed by atoms with Gasteiger partial charge in [0.05, 0.1) is 22.9 Å². The van der Waals surface area contributed by atoms with E-state index in [9.17, 15) is 4.79 Å². The van der Waals surface area contributed by atoms with E-state index < -0.39 is 0 Å². The van der Waals surface area contributed by atoms with Crippen LogP contribution in [0.5, 0.6) is 0 Å². The van der Waals surface area contributed by atoms with Crippen molar-refractivity contribution in [3.8, 4) is 0 Å². The van der Waals surface area contributed by atoms with Gasteiger partial charge in [-0.15, -0.1) is 0 Å².